The number of nitrogens with one attached hydrogen (secondary N) is 2. The number of benzene rings is 2. The first kappa shape index (κ1) is 17.2. The smallest absolute Gasteiger partial charge is 0.261 e. The van der Waals surface area contributed by atoms with Gasteiger partial charge >= 0.3 is 0 Å². The Hall–Kier alpha value is -1.61. The van der Waals surface area contributed by atoms with Gasteiger partial charge in [0.05, 0.1) is 20.5 Å². The van der Waals surface area contributed by atoms with Crippen molar-refractivity contribution in [3.05, 3.63) is 53.6 Å². The summed E-state index contributed by atoms with van der Waals surface area (Å²) >= 11 is 5.95. The number of rotatable bonds is 6. The normalized spacial score (nSPS) is 15.2. The molecule has 0 unspecified atom stereocenters. The van der Waals surface area contributed by atoms with E-state index in [9.17, 15) is 16.8 Å². The minimum absolute atomic E-state index is 0.0588. The third kappa shape index (κ3) is 3.89. The van der Waals surface area contributed by atoms with Crippen molar-refractivity contribution < 1.29 is 16.8 Å². The summed E-state index contributed by atoms with van der Waals surface area (Å²) in [6.07, 6.45) is 1.59. The van der Waals surface area contributed by atoms with E-state index in [-0.39, 0.29) is 26.5 Å². The molecule has 3 rings (SSSR count). The van der Waals surface area contributed by atoms with Gasteiger partial charge in [0.15, 0.2) is 0 Å². The van der Waals surface area contributed by atoms with Crippen LogP contribution in [0.5, 0.6) is 0 Å². The Kier molecular flexibility index (Phi) is 4.56. The van der Waals surface area contributed by atoms with E-state index in [1.54, 1.807) is 18.2 Å². The highest BCUT2D eigenvalue weighted by atomic mass is 35.5. The second-order valence-electron chi connectivity index (χ2n) is 5.46. The first-order valence-electron chi connectivity index (χ1n) is 7.18. The number of para-hydroxylation sites is 1. The molecule has 0 atom stereocenters. The average molecular weight is 387 g/mol. The van der Waals surface area contributed by atoms with Crippen LogP contribution in [0.1, 0.15) is 12.8 Å². The summed E-state index contributed by atoms with van der Waals surface area (Å²) in [6.45, 7) is 0. The van der Waals surface area contributed by atoms with Crippen LogP contribution in [0.3, 0.4) is 0 Å². The van der Waals surface area contributed by atoms with Gasteiger partial charge in [-0.05, 0) is 43.2 Å². The summed E-state index contributed by atoms with van der Waals surface area (Å²) in [4.78, 5) is -0.238. The average Bonchev–Trinajstić information content (AvgIpc) is 3.33. The second-order valence-corrected chi connectivity index (χ2v) is 9.26. The van der Waals surface area contributed by atoms with E-state index in [4.69, 9.17) is 11.6 Å². The summed E-state index contributed by atoms with van der Waals surface area (Å²) in [5.74, 6) is 0. The van der Waals surface area contributed by atoms with Crippen molar-refractivity contribution in [2.75, 3.05) is 4.72 Å². The van der Waals surface area contributed by atoms with Crippen molar-refractivity contribution in [3.63, 3.8) is 0 Å². The van der Waals surface area contributed by atoms with Crippen molar-refractivity contribution >= 4 is 37.3 Å². The zero-order chi connectivity index (χ0) is 17.4. The number of hydrogen-bond donors (Lipinski definition) is 2. The summed E-state index contributed by atoms with van der Waals surface area (Å²) < 4.78 is 54.3. The maximum absolute atomic E-state index is 12.5. The summed E-state index contributed by atoms with van der Waals surface area (Å²) in [5, 5.41) is 0.250. The van der Waals surface area contributed by atoms with Crippen LogP contribution in [0.25, 0.3) is 0 Å². The minimum Gasteiger partial charge on any atom is -0.278 e. The van der Waals surface area contributed by atoms with Gasteiger partial charge in [-0.15, -0.1) is 0 Å². The van der Waals surface area contributed by atoms with Gasteiger partial charge in [-0.3, -0.25) is 4.72 Å². The molecular weight excluding hydrogens is 372 g/mol. The molecule has 9 heteroatoms. The highest BCUT2D eigenvalue weighted by Crippen LogP contribution is 2.26. The fourth-order valence-electron chi connectivity index (χ4n) is 2.04. The molecule has 2 aromatic carbocycles. The van der Waals surface area contributed by atoms with Crippen LogP contribution in [-0.2, 0) is 20.0 Å². The molecule has 2 N–H and O–H groups in total. The standard InChI is InChI=1S/C15H15ClN2O4S2/c16-14-6-1-2-7-15(14)18-24(21,22)13-5-3-4-12(10-13)23(19,20)17-11-8-9-11/h1-7,10-11,17-18H,8-9H2. The molecule has 0 aromatic heterocycles. The molecule has 0 aliphatic heterocycles. The molecule has 1 saturated carbocycles. The van der Waals surface area contributed by atoms with Crippen molar-refractivity contribution in [2.45, 2.75) is 28.7 Å². The Bertz CT molecular complexity index is 970. The van der Waals surface area contributed by atoms with Crippen LogP contribution in [0.4, 0.5) is 5.69 Å². The van der Waals surface area contributed by atoms with Crippen molar-refractivity contribution in [2.24, 2.45) is 0 Å². The zero-order valence-corrected chi connectivity index (χ0v) is 14.8. The molecule has 0 bridgehead atoms. The molecule has 0 heterocycles. The highest BCUT2D eigenvalue weighted by molar-refractivity contribution is 7.93. The molecular formula is C15H15ClN2O4S2. The van der Waals surface area contributed by atoms with E-state index in [2.05, 4.69) is 9.44 Å². The first-order valence-corrected chi connectivity index (χ1v) is 10.5. The molecule has 1 fully saturated rings. The van der Waals surface area contributed by atoms with Gasteiger partial charge in [0, 0.05) is 6.04 Å². The monoisotopic (exact) mass is 386 g/mol. The van der Waals surface area contributed by atoms with E-state index >= 15 is 0 Å². The third-order valence-electron chi connectivity index (χ3n) is 3.44. The molecule has 2 aromatic rings. The lowest BCUT2D eigenvalue weighted by Gasteiger charge is -2.11. The zero-order valence-electron chi connectivity index (χ0n) is 12.4. The van der Waals surface area contributed by atoms with E-state index in [0.717, 1.165) is 18.9 Å². The fraction of sp³-hybridized carbons (Fsp3) is 0.200. The summed E-state index contributed by atoms with van der Waals surface area (Å²) in [7, 11) is -7.69. The SMILES string of the molecule is O=S(=O)(Nc1ccccc1Cl)c1cccc(S(=O)(=O)NC2CC2)c1. The predicted molar refractivity (Wildman–Crippen MR) is 92.0 cm³/mol. The van der Waals surface area contributed by atoms with Gasteiger partial charge in [0.25, 0.3) is 10.0 Å². The topological polar surface area (TPSA) is 92.3 Å². The Morgan fingerprint density at radius 1 is 0.875 bits per heavy atom. The number of halogens is 1. The lowest BCUT2D eigenvalue weighted by Crippen LogP contribution is -2.26. The van der Waals surface area contributed by atoms with Crippen molar-refractivity contribution in [3.8, 4) is 0 Å². The molecule has 6 nitrogen and oxygen atoms in total. The van der Waals surface area contributed by atoms with Gasteiger partial charge in [0.1, 0.15) is 0 Å². The van der Waals surface area contributed by atoms with Crippen molar-refractivity contribution in [1.82, 2.24) is 4.72 Å². The molecule has 0 spiro atoms. The van der Waals surface area contributed by atoms with Crippen LogP contribution < -0.4 is 9.44 Å². The fourth-order valence-corrected chi connectivity index (χ4v) is 4.83. The van der Waals surface area contributed by atoms with Crippen LogP contribution in [0.15, 0.2) is 58.3 Å². The van der Waals surface area contributed by atoms with Gasteiger partial charge < -0.3 is 0 Å². The molecule has 128 valence electrons. The molecule has 0 radical (unpaired) electrons. The second kappa shape index (κ2) is 6.36. The number of anilines is 1. The predicted octanol–water partition coefficient (Wildman–Crippen LogP) is 2.58. The molecule has 24 heavy (non-hydrogen) atoms. The number of hydrogen-bond acceptors (Lipinski definition) is 4. The van der Waals surface area contributed by atoms with E-state index < -0.39 is 20.0 Å². The van der Waals surface area contributed by atoms with Gasteiger partial charge in [-0.1, -0.05) is 29.8 Å². The summed E-state index contributed by atoms with van der Waals surface area (Å²) in [5.41, 5.74) is 0.225. The first-order chi connectivity index (χ1) is 11.3. The van der Waals surface area contributed by atoms with Crippen LogP contribution in [-0.4, -0.2) is 22.9 Å². The van der Waals surface area contributed by atoms with E-state index in [1.165, 1.54) is 24.3 Å². The lowest BCUT2D eigenvalue weighted by molar-refractivity contribution is 0.580. The Morgan fingerprint density at radius 2 is 1.50 bits per heavy atom. The largest absolute Gasteiger partial charge is 0.278 e. The maximum atomic E-state index is 12.5. The Morgan fingerprint density at radius 3 is 2.12 bits per heavy atom. The molecule has 0 amide bonds. The lowest BCUT2D eigenvalue weighted by atomic mass is 10.3. The minimum atomic E-state index is -3.96. The van der Waals surface area contributed by atoms with Gasteiger partial charge in [-0.25, -0.2) is 21.6 Å². The maximum Gasteiger partial charge on any atom is 0.261 e. The third-order valence-corrected chi connectivity index (χ3v) is 6.65. The quantitative estimate of drug-likeness (QED) is 0.798. The van der Waals surface area contributed by atoms with Crippen LogP contribution in [0.2, 0.25) is 5.02 Å². The molecule has 0 saturated heterocycles. The number of sulfonamides is 2. The molecule has 1 aliphatic rings. The van der Waals surface area contributed by atoms with Crippen LogP contribution >= 0.6 is 11.6 Å². The van der Waals surface area contributed by atoms with E-state index in [1.807, 2.05) is 0 Å². The molecule has 1 aliphatic carbocycles. The van der Waals surface area contributed by atoms with Gasteiger partial charge in [-0.2, -0.15) is 0 Å². The van der Waals surface area contributed by atoms with Crippen LogP contribution in [0, 0.1) is 0 Å². The van der Waals surface area contributed by atoms with E-state index in [0.29, 0.717) is 0 Å². The summed E-state index contributed by atoms with van der Waals surface area (Å²) in [6, 6.07) is 11.5. The Balaban J connectivity index is 1.91. The van der Waals surface area contributed by atoms with Crippen molar-refractivity contribution in [1.29, 1.82) is 0 Å². The Labute approximate surface area is 146 Å². The van der Waals surface area contributed by atoms with Gasteiger partial charge in [0.2, 0.25) is 10.0 Å². The highest BCUT2D eigenvalue weighted by Gasteiger charge is 2.28.